The molecule has 2 aromatic rings. The average molecular weight is 643 g/mol. The number of hydrogen-bond donors (Lipinski definition) is 0. The molecule has 1 heterocycles. The van der Waals surface area contributed by atoms with Gasteiger partial charge in [0.15, 0.2) is 0 Å². The van der Waals surface area contributed by atoms with Gasteiger partial charge < -0.3 is 0 Å². The molecule has 0 aliphatic rings. The zero-order valence-electron chi connectivity index (χ0n) is 24.9. The molecule has 0 radical (unpaired) electrons. The molecule has 236 valence electrons. The number of nitrogens with zero attached hydrogens (tertiary/aromatic N) is 3. The number of unbranched alkanes of at least 4 members (excludes halogenated alkanes) is 2. The largest absolute Gasteiger partial charge is 0.346 e. The van der Waals surface area contributed by atoms with Gasteiger partial charge in [-0.15, -0.1) is 0 Å². The highest BCUT2D eigenvalue weighted by molar-refractivity contribution is 8.00. The summed E-state index contributed by atoms with van der Waals surface area (Å²) >= 11 is 1.79. The van der Waals surface area contributed by atoms with Gasteiger partial charge in [-0.3, -0.25) is 0 Å². The lowest BCUT2D eigenvalue weighted by Crippen LogP contribution is -2.38. The van der Waals surface area contributed by atoms with Crippen molar-refractivity contribution < 1.29 is 34.9 Å². The molecular weight excluding hydrogens is 596 g/mol. The second-order valence-electron chi connectivity index (χ2n) is 9.90. The van der Waals surface area contributed by atoms with Crippen LogP contribution >= 0.6 is 11.3 Å². The van der Waals surface area contributed by atoms with Crippen LogP contribution in [-0.4, -0.2) is 35.8 Å². The topological polar surface area (TPSA) is 79.9 Å². The van der Waals surface area contributed by atoms with Crippen LogP contribution in [0.5, 0.6) is 0 Å². The minimum Gasteiger partial charge on any atom is -0.211 e. The first kappa shape index (κ1) is 37.5. The Morgan fingerprint density at radius 3 is 1.95 bits per heavy atom. The van der Waals surface area contributed by atoms with Gasteiger partial charge in [0.2, 0.25) is 5.52 Å². The van der Waals surface area contributed by atoms with Crippen molar-refractivity contribution in [1.29, 1.82) is 0 Å². The summed E-state index contributed by atoms with van der Waals surface area (Å²) < 4.78 is 85.2. The van der Waals surface area contributed by atoms with Crippen LogP contribution in [0.15, 0.2) is 34.6 Å². The van der Waals surface area contributed by atoms with E-state index in [9.17, 15) is 25.9 Å². The van der Waals surface area contributed by atoms with Crippen LogP contribution < -0.4 is 4.57 Å². The quantitative estimate of drug-likeness (QED) is 0.153. The molecular formula is C28H47F3N3O4S3+. The Morgan fingerprint density at radius 2 is 1.54 bits per heavy atom. The molecule has 7 nitrogen and oxygen atoms in total. The van der Waals surface area contributed by atoms with E-state index < -0.39 is 26.0 Å². The Hall–Kier alpha value is -1.54. The predicted molar refractivity (Wildman–Crippen MR) is 164 cm³/mol. The Bertz CT molecular complexity index is 1260. The first-order valence-electron chi connectivity index (χ1n) is 14.4. The number of rotatable bonds is 18. The highest BCUT2D eigenvalue weighted by Gasteiger charge is 2.33. The number of para-hydroxylation sites is 1. The van der Waals surface area contributed by atoms with E-state index in [0.717, 1.165) is 49.4 Å². The van der Waals surface area contributed by atoms with E-state index in [1.807, 2.05) is 33.8 Å². The number of aryl methyl sites for hydroxylation is 1. The van der Waals surface area contributed by atoms with Crippen LogP contribution in [0.2, 0.25) is 0 Å². The van der Waals surface area contributed by atoms with E-state index in [1.165, 1.54) is 15.2 Å². The number of aromatic nitrogens is 1. The van der Waals surface area contributed by atoms with Crippen molar-refractivity contribution >= 4 is 47.8 Å². The lowest BCUT2D eigenvalue weighted by Gasteiger charge is -2.28. The van der Waals surface area contributed by atoms with E-state index in [2.05, 4.69) is 50.5 Å². The molecule has 0 aliphatic heterocycles. The van der Waals surface area contributed by atoms with E-state index in [1.54, 1.807) is 11.3 Å². The van der Waals surface area contributed by atoms with Crippen LogP contribution in [-0.2, 0) is 31.2 Å². The SMILES string of the molecule is C=Cc1sc2ccccc2[n+]1CC.CCCCC(CC)CN(CC(CC)CCCC)S(=O)(=O)N=S(=O)(OF)C(F)F. The Balaban J connectivity index is 0.000000528. The fourth-order valence-electron chi connectivity index (χ4n) is 4.45. The molecule has 0 fully saturated rings. The summed E-state index contributed by atoms with van der Waals surface area (Å²) in [6, 6.07) is 8.46. The lowest BCUT2D eigenvalue weighted by molar-refractivity contribution is -0.665. The molecule has 0 saturated heterocycles. The molecule has 41 heavy (non-hydrogen) atoms. The zero-order chi connectivity index (χ0) is 31.1. The van der Waals surface area contributed by atoms with Gasteiger partial charge in [-0.1, -0.05) is 104 Å². The molecule has 0 N–H and O–H groups in total. The molecule has 3 atom stereocenters. The van der Waals surface area contributed by atoms with Crippen LogP contribution in [0.1, 0.15) is 91.0 Å². The summed E-state index contributed by atoms with van der Waals surface area (Å²) in [5, 5.41) is 1.24. The number of benzene rings is 1. The van der Waals surface area contributed by atoms with Gasteiger partial charge in [0.1, 0.15) is 11.2 Å². The standard InChI is InChI=1S/C17H35F3N2O4S2.C11H12NS/c1-5-9-11-15(7-3)13-22(14-16(8-4)12-10-6-2)28(24,25)21-27(23,26-20)17(18)19;1-3-11-12(4-2)9-7-5-6-8-10(9)13-11/h15-17H,5-14H2,1-4H3;3,5-8H,1,4H2,2H3/q;+1. The third-order valence-corrected chi connectivity index (χ3v) is 11.3. The first-order valence-corrected chi connectivity index (χ1v) is 18.1. The van der Waals surface area contributed by atoms with Crippen molar-refractivity contribution in [3.63, 3.8) is 0 Å². The molecule has 0 bridgehead atoms. The number of halogens is 3. The van der Waals surface area contributed by atoms with E-state index >= 15 is 0 Å². The monoisotopic (exact) mass is 642 g/mol. The Labute approximate surface area is 249 Å². The maximum Gasteiger partial charge on any atom is 0.346 e. The van der Waals surface area contributed by atoms with Gasteiger partial charge in [0.05, 0.1) is 0 Å². The molecule has 0 amide bonds. The average Bonchev–Trinajstić information content (AvgIpc) is 3.34. The van der Waals surface area contributed by atoms with Gasteiger partial charge in [-0.25, -0.2) is 4.21 Å². The highest BCUT2D eigenvalue weighted by Crippen LogP contribution is 2.24. The minimum absolute atomic E-state index is 0.00232. The maximum atomic E-state index is 12.9. The van der Waals surface area contributed by atoms with Crippen LogP contribution in [0.4, 0.5) is 13.3 Å². The van der Waals surface area contributed by atoms with Crippen molar-refractivity contribution in [3.05, 3.63) is 35.9 Å². The second-order valence-corrected chi connectivity index (χ2v) is 14.5. The van der Waals surface area contributed by atoms with E-state index in [0.29, 0.717) is 12.8 Å². The fraction of sp³-hybridized carbons (Fsp3) is 0.679. The molecule has 0 saturated carbocycles. The number of alkyl halides is 2. The number of fused-ring (bicyclic) bond motifs is 1. The fourth-order valence-corrected chi connectivity index (χ4v) is 8.16. The summed E-state index contributed by atoms with van der Waals surface area (Å²) in [6.45, 7) is 15.0. The highest BCUT2D eigenvalue weighted by atomic mass is 32.3. The molecule has 0 aliphatic carbocycles. The summed E-state index contributed by atoms with van der Waals surface area (Å²) in [7, 11) is -10.0. The van der Waals surface area contributed by atoms with Crippen molar-refractivity contribution in [2.75, 3.05) is 13.1 Å². The molecule has 1 aromatic heterocycles. The third kappa shape index (κ3) is 11.6. The third-order valence-electron chi connectivity index (χ3n) is 6.98. The Morgan fingerprint density at radius 1 is 1.00 bits per heavy atom. The Kier molecular flexibility index (Phi) is 17.3. The molecule has 0 spiro atoms. The summed E-state index contributed by atoms with van der Waals surface area (Å²) in [4.78, 5) is 0. The summed E-state index contributed by atoms with van der Waals surface area (Å²) in [6.07, 6.45) is 8.55. The molecule has 1 aromatic carbocycles. The summed E-state index contributed by atoms with van der Waals surface area (Å²) in [5.74, 6) is -3.87. The number of hydrogen-bond acceptors (Lipinski definition) is 5. The zero-order valence-corrected chi connectivity index (χ0v) is 27.4. The smallest absolute Gasteiger partial charge is 0.211 e. The van der Waals surface area contributed by atoms with Crippen molar-refractivity contribution in [1.82, 2.24) is 4.31 Å². The first-order chi connectivity index (χ1) is 19.5. The molecule has 3 unspecified atom stereocenters. The van der Waals surface area contributed by atoms with E-state index in [-0.39, 0.29) is 24.9 Å². The van der Waals surface area contributed by atoms with Crippen molar-refractivity contribution in [2.24, 2.45) is 15.6 Å². The maximum absolute atomic E-state index is 12.9. The van der Waals surface area contributed by atoms with Gasteiger partial charge in [-0.2, -0.15) is 26.1 Å². The van der Waals surface area contributed by atoms with Gasteiger partial charge in [-0.05, 0) is 42.2 Å². The second kappa shape index (κ2) is 18.9. The van der Waals surface area contributed by atoms with Crippen molar-refractivity contribution in [2.45, 2.75) is 98.3 Å². The van der Waals surface area contributed by atoms with Crippen molar-refractivity contribution in [3.8, 4) is 0 Å². The molecule has 13 heteroatoms. The van der Waals surface area contributed by atoms with Crippen LogP contribution in [0.3, 0.4) is 0 Å². The lowest BCUT2D eigenvalue weighted by atomic mass is 9.97. The van der Waals surface area contributed by atoms with Gasteiger partial charge in [0.25, 0.3) is 15.0 Å². The minimum atomic E-state index is -5.27. The van der Waals surface area contributed by atoms with Gasteiger partial charge in [0, 0.05) is 25.2 Å². The molecule has 2 rings (SSSR count). The number of thiazole rings is 1. The normalized spacial score (nSPS) is 14.9. The predicted octanol–water partition coefficient (Wildman–Crippen LogP) is 8.32. The van der Waals surface area contributed by atoms with Gasteiger partial charge >= 0.3 is 16.0 Å². The van der Waals surface area contributed by atoms with Crippen LogP contribution in [0, 0.1) is 11.8 Å². The van der Waals surface area contributed by atoms with Crippen LogP contribution in [0.25, 0.3) is 16.3 Å². The summed E-state index contributed by atoms with van der Waals surface area (Å²) in [5.41, 5.74) is 1.31. The van der Waals surface area contributed by atoms with E-state index in [4.69, 9.17) is 0 Å².